The van der Waals surface area contributed by atoms with Crippen LogP contribution in [0.2, 0.25) is 0 Å². The van der Waals surface area contributed by atoms with Crippen LogP contribution in [0, 0.1) is 10.1 Å². The minimum atomic E-state index is -0.896. The Morgan fingerprint density at radius 3 is 2.61 bits per heavy atom. The van der Waals surface area contributed by atoms with Gasteiger partial charge in [-0.2, -0.15) is 0 Å². The van der Waals surface area contributed by atoms with E-state index in [4.69, 9.17) is 9.47 Å². The Hall–Kier alpha value is -3.50. The van der Waals surface area contributed by atoms with Gasteiger partial charge in [0, 0.05) is 37.5 Å². The van der Waals surface area contributed by atoms with Gasteiger partial charge in [-0.25, -0.2) is 0 Å². The first kappa shape index (κ1) is 22.2. The van der Waals surface area contributed by atoms with Gasteiger partial charge in [0.1, 0.15) is 5.75 Å². The van der Waals surface area contributed by atoms with Crippen LogP contribution in [-0.4, -0.2) is 61.6 Å². The molecule has 0 bridgehead atoms. The maximum atomic E-state index is 12.4. The number of methoxy groups -OCH3 is 1. The van der Waals surface area contributed by atoms with Crippen molar-refractivity contribution in [1.82, 2.24) is 10.2 Å². The molecule has 1 fully saturated rings. The van der Waals surface area contributed by atoms with Gasteiger partial charge in [-0.15, -0.1) is 0 Å². The van der Waals surface area contributed by atoms with Crippen molar-refractivity contribution in [2.24, 2.45) is 0 Å². The monoisotopic (exact) mass is 428 g/mol. The van der Waals surface area contributed by atoms with Crippen molar-refractivity contribution in [2.75, 3.05) is 45.3 Å². The fourth-order valence-corrected chi connectivity index (χ4v) is 3.35. The first-order valence-electron chi connectivity index (χ1n) is 9.77. The average Bonchev–Trinajstić information content (AvgIpc) is 2.80. The summed E-state index contributed by atoms with van der Waals surface area (Å²) in [6, 6.07) is 12.8. The third kappa shape index (κ3) is 6.00. The Bertz CT molecular complexity index is 945. The number of morpholine rings is 1. The van der Waals surface area contributed by atoms with Crippen molar-refractivity contribution in [3.8, 4) is 5.75 Å². The van der Waals surface area contributed by atoms with E-state index >= 15 is 0 Å². The highest BCUT2D eigenvalue weighted by molar-refractivity contribution is 6.39. The number of nitro benzene ring substituents is 1. The maximum absolute atomic E-state index is 12.4. The zero-order valence-electron chi connectivity index (χ0n) is 17.1. The van der Waals surface area contributed by atoms with Gasteiger partial charge < -0.3 is 20.1 Å². The zero-order valence-corrected chi connectivity index (χ0v) is 17.1. The van der Waals surface area contributed by atoms with Crippen molar-refractivity contribution in [2.45, 2.75) is 6.04 Å². The number of carbonyl (C=O) groups excluding carboxylic acids is 2. The summed E-state index contributed by atoms with van der Waals surface area (Å²) in [5, 5.41) is 15.9. The third-order valence-electron chi connectivity index (χ3n) is 4.94. The summed E-state index contributed by atoms with van der Waals surface area (Å²) < 4.78 is 10.7. The number of nitrogens with one attached hydrogen (secondary N) is 2. The summed E-state index contributed by atoms with van der Waals surface area (Å²) in [4.78, 5) is 37.1. The molecule has 31 heavy (non-hydrogen) atoms. The van der Waals surface area contributed by atoms with Crippen LogP contribution in [-0.2, 0) is 14.3 Å². The molecule has 1 atom stereocenters. The quantitative estimate of drug-likeness (QED) is 0.391. The van der Waals surface area contributed by atoms with Crippen molar-refractivity contribution in [3.05, 3.63) is 64.2 Å². The highest BCUT2D eigenvalue weighted by atomic mass is 16.6. The number of benzene rings is 2. The molecule has 0 spiro atoms. The molecule has 0 radical (unpaired) electrons. The minimum absolute atomic E-state index is 0.173. The molecular weight excluding hydrogens is 404 g/mol. The molecule has 2 N–H and O–H groups in total. The van der Waals surface area contributed by atoms with E-state index in [1.165, 1.54) is 24.3 Å². The first-order valence-corrected chi connectivity index (χ1v) is 9.77. The fourth-order valence-electron chi connectivity index (χ4n) is 3.35. The topological polar surface area (TPSA) is 123 Å². The lowest BCUT2D eigenvalue weighted by Gasteiger charge is -2.35. The first-order chi connectivity index (χ1) is 15.0. The Morgan fingerprint density at radius 1 is 1.16 bits per heavy atom. The number of anilines is 1. The highest BCUT2D eigenvalue weighted by Gasteiger charge is 2.25. The van der Waals surface area contributed by atoms with E-state index in [0.29, 0.717) is 32.1 Å². The smallest absolute Gasteiger partial charge is 0.313 e. The van der Waals surface area contributed by atoms with E-state index in [-0.39, 0.29) is 24.0 Å². The molecule has 2 aromatic carbocycles. The number of hydrogen-bond acceptors (Lipinski definition) is 7. The summed E-state index contributed by atoms with van der Waals surface area (Å²) in [6.45, 7) is 2.76. The molecule has 2 amide bonds. The van der Waals surface area contributed by atoms with Gasteiger partial charge in [0.2, 0.25) is 0 Å². The van der Waals surface area contributed by atoms with E-state index < -0.39 is 16.7 Å². The number of carbonyl (C=O) groups is 2. The molecule has 10 nitrogen and oxygen atoms in total. The molecule has 1 unspecified atom stereocenters. The fraction of sp³-hybridized carbons (Fsp3) is 0.333. The lowest BCUT2D eigenvalue weighted by molar-refractivity contribution is -0.384. The second-order valence-electron chi connectivity index (χ2n) is 6.91. The van der Waals surface area contributed by atoms with Gasteiger partial charge in [0.25, 0.3) is 5.69 Å². The minimum Gasteiger partial charge on any atom is -0.497 e. The van der Waals surface area contributed by atoms with Crippen molar-refractivity contribution < 1.29 is 24.0 Å². The number of ether oxygens (including phenoxy) is 2. The zero-order chi connectivity index (χ0) is 22.2. The van der Waals surface area contributed by atoms with Crippen LogP contribution in [0.1, 0.15) is 11.6 Å². The molecule has 1 aliphatic heterocycles. The second-order valence-corrected chi connectivity index (χ2v) is 6.91. The maximum Gasteiger partial charge on any atom is 0.313 e. The number of amides is 2. The van der Waals surface area contributed by atoms with Crippen LogP contribution in [0.3, 0.4) is 0 Å². The number of hydrogen-bond donors (Lipinski definition) is 2. The predicted octanol–water partition coefficient (Wildman–Crippen LogP) is 1.73. The van der Waals surface area contributed by atoms with Crippen LogP contribution >= 0.6 is 0 Å². The summed E-state index contributed by atoms with van der Waals surface area (Å²) >= 11 is 0. The van der Waals surface area contributed by atoms with Gasteiger partial charge in [-0.1, -0.05) is 18.2 Å². The SMILES string of the molecule is COc1cccc(C(CNC(=O)C(=O)Nc2cccc([N+](=O)[O-])c2)N2CCOCC2)c1. The van der Waals surface area contributed by atoms with Crippen molar-refractivity contribution in [1.29, 1.82) is 0 Å². The number of nitrogens with zero attached hydrogens (tertiary/aromatic N) is 2. The van der Waals surface area contributed by atoms with Gasteiger partial charge in [-0.3, -0.25) is 24.6 Å². The highest BCUT2D eigenvalue weighted by Crippen LogP contribution is 2.25. The third-order valence-corrected chi connectivity index (χ3v) is 4.94. The number of nitro groups is 1. The lowest BCUT2D eigenvalue weighted by Crippen LogP contribution is -2.45. The second kappa shape index (κ2) is 10.5. The number of non-ortho nitro benzene ring substituents is 1. The molecule has 0 aromatic heterocycles. The van der Waals surface area contributed by atoms with Crippen LogP contribution in [0.5, 0.6) is 5.75 Å². The van der Waals surface area contributed by atoms with E-state index in [1.807, 2.05) is 24.3 Å². The molecular formula is C21H24N4O6. The summed E-state index contributed by atoms with van der Waals surface area (Å²) in [5.74, 6) is -1.02. The van der Waals surface area contributed by atoms with E-state index in [0.717, 1.165) is 5.56 Å². The van der Waals surface area contributed by atoms with Gasteiger partial charge in [0.05, 0.1) is 31.3 Å². The molecule has 1 heterocycles. The average molecular weight is 428 g/mol. The molecule has 164 valence electrons. The Morgan fingerprint density at radius 2 is 1.90 bits per heavy atom. The van der Waals surface area contributed by atoms with E-state index in [1.54, 1.807) is 7.11 Å². The molecule has 0 aliphatic carbocycles. The molecule has 2 aromatic rings. The predicted molar refractivity (Wildman–Crippen MR) is 113 cm³/mol. The van der Waals surface area contributed by atoms with Crippen molar-refractivity contribution in [3.63, 3.8) is 0 Å². The standard InChI is InChI=1S/C21H24N4O6/c1-30-18-7-2-4-15(12-18)19(24-8-10-31-11-9-24)14-22-20(26)21(27)23-16-5-3-6-17(13-16)25(28)29/h2-7,12-13,19H,8-11,14H2,1H3,(H,22,26)(H,23,27). The van der Waals surface area contributed by atoms with E-state index in [9.17, 15) is 19.7 Å². The number of rotatable bonds is 7. The van der Waals surface area contributed by atoms with Crippen LogP contribution in [0.4, 0.5) is 11.4 Å². The summed E-state index contributed by atoms with van der Waals surface area (Å²) in [5.41, 5.74) is 0.941. The Balaban J connectivity index is 1.67. The van der Waals surface area contributed by atoms with Gasteiger partial charge >= 0.3 is 11.8 Å². The molecule has 1 saturated heterocycles. The largest absolute Gasteiger partial charge is 0.497 e. The van der Waals surface area contributed by atoms with Gasteiger partial charge in [0.15, 0.2) is 0 Å². The van der Waals surface area contributed by atoms with Gasteiger partial charge in [-0.05, 0) is 23.8 Å². The molecule has 0 saturated carbocycles. The van der Waals surface area contributed by atoms with E-state index in [2.05, 4.69) is 15.5 Å². The van der Waals surface area contributed by atoms with Crippen molar-refractivity contribution >= 4 is 23.2 Å². The van der Waals surface area contributed by atoms with Crippen LogP contribution < -0.4 is 15.4 Å². The lowest BCUT2D eigenvalue weighted by atomic mass is 10.0. The summed E-state index contributed by atoms with van der Waals surface area (Å²) in [7, 11) is 1.59. The Labute approximate surface area is 179 Å². The normalized spacial score (nSPS) is 15.0. The Kier molecular flexibility index (Phi) is 7.52. The van der Waals surface area contributed by atoms with Crippen LogP contribution in [0.25, 0.3) is 0 Å². The molecule has 3 rings (SSSR count). The summed E-state index contributed by atoms with van der Waals surface area (Å²) in [6.07, 6.45) is 0. The molecule has 1 aliphatic rings. The van der Waals surface area contributed by atoms with Crippen LogP contribution in [0.15, 0.2) is 48.5 Å². The molecule has 10 heteroatoms.